The maximum atomic E-state index is 13.4. The Morgan fingerprint density at radius 2 is 1.79 bits per heavy atom. The summed E-state index contributed by atoms with van der Waals surface area (Å²) >= 11 is 2.19. The number of aliphatic hydroxyl groups is 1. The van der Waals surface area contributed by atoms with Gasteiger partial charge in [-0.3, -0.25) is 0 Å². The standard InChI is InChI=1S/C15H14FIO2/c1-15(18,10-3-6-12(17)7-4-10)13-9-11(16)5-8-14(13)19-2/h3-9,18H,1-2H3. The van der Waals surface area contributed by atoms with Gasteiger partial charge in [0.25, 0.3) is 0 Å². The lowest BCUT2D eigenvalue weighted by Crippen LogP contribution is -2.23. The fourth-order valence-electron chi connectivity index (χ4n) is 1.99. The first-order chi connectivity index (χ1) is 8.95. The lowest BCUT2D eigenvalue weighted by Gasteiger charge is -2.26. The number of ether oxygens (including phenoxy) is 1. The molecule has 0 fully saturated rings. The SMILES string of the molecule is COc1ccc(F)cc1C(C)(O)c1ccc(I)cc1. The van der Waals surface area contributed by atoms with Gasteiger partial charge in [0.1, 0.15) is 17.2 Å². The van der Waals surface area contributed by atoms with E-state index in [0.29, 0.717) is 16.9 Å². The van der Waals surface area contributed by atoms with Crippen LogP contribution < -0.4 is 4.74 Å². The topological polar surface area (TPSA) is 29.5 Å². The molecule has 0 amide bonds. The van der Waals surface area contributed by atoms with Crippen molar-refractivity contribution < 1.29 is 14.2 Å². The Morgan fingerprint density at radius 1 is 1.16 bits per heavy atom. The highest BCUT2D eigenvalue weighted by Crippen LogP contribution is 2.35. The summed E-state index contributed by atoms with van der Waals surface area (Å²) in [6, 6.07) is 11.6. The molecule has 2 rings (SSSR count). The maximum Gasteiger partial charge on any atom is 0.125 e. The highest BCUT2D eigenvalue weighted by molar-refractivity contribution is 14.1. The summed E-state index contributed by atoms with van der Waals surface area (Å²) in [7, 11) is 1.50. The summed E-state index contributed by atoms with van der Waals surface area (Å²) in [6.07, 6.45) is 0. The van der Waals surface area contributed by atoms with E-state index in [1.54, 1.807) is 6.92 Å². The molecule has 0 radical (unpaired) electrons. The fraction of sp³-hybridized carbons (Fsp3) is 0.200. The predicted octanol–water partition coefficient (Wildman–Crippen LogP) is 3.69. The van der Waals surface area contributed by atoms with Crippen LogP contribution in [0.3, 0.4) is 0 Å². The number of methoxy groups -OCH3 is 1. The Labute approximate surface area is 125 Å². The fourth-order valence-corrected chi connectivity index (χ4v) is 2.35. The van der Waals surface area contributed by atoms with Gasteiger partial charge in [0.05, 0.1) is 7.11 Å². The van der Waals surface area contributed by atoms with Crippen LogP contribution in [0.5, 0.6) is 5.75 Å². The van der Waals surface area contributed by atoms with E-state index >= 15 is 0 Å². The largest absolute Gasteiger partial charge is 0.496 e. The minimum Gasteiger partial charge on any atom is -0.496 e. The highest BCUT2D eigenvalue weighted by atomic mass is 127. The first-order valence-corrected chi connectivity index (χ1v) is 6.85. The van der Waals surface area contributed by atoms with Crippen molar-refractivity contribution in [2.45, 2.75) is 12.5 Å². The molecule has 2 aromatic rings. The lowest BCUT2D eigenvalue weighted by molar-refractivity contribution is 0.0985. The van der Waals surface area contributed by atoms with Crippen LogP contribution >= 0.6 is 22.6 Å². The molecule has 0 aliphatic heterocycles. The molecule has 1 N–H and O–H groups in total. The molecule has 0 aliphatic rings. The Hall–Kier alpha value is -1.14. The van der Waals surface area contributed by atoms with E-state index < -0.39 is 11.4 Å². The smallest absolute Gasteiger partial charge is 0.125 e. The zero-order valence-corrected chi connectivity index (χ0v) is 12.8. The van der Waals surface area contributed by atoms with E-state index in [-0.39, 0.29) is 0 Å². The molecule has 0 saturated carbocycles. The predicted molar refractivity (Wildman–Crippen MR) is 80.8 cm³/mol. The van der Waals surface area contributed by atoms with Gasteiger partial charge in [0.2, 0.25) is 0 Å². The van der Waals surface area contributed by atoms with Crippen LogP contribution in [0, 0.1) is 9.39 Å². The second-order valence-electron chi connectivity index (χ2n) is 4.42. The molecule has 19 heavy (non-hydrogen) atoms. The number of rotatable bonds is 3. The normalized spacial score (nSPS) is 13.9. The molecule has 2 nitrogen and oxygen atoms in total. The second kappa shape index (κ2) is 5.46. The van der Waals surface area contributed by atoms with Crippen molar-refractivity contribution in [2.24, 2.45) is 0 Å². The van der Waals surface area contributed by atoms with Gasteiger partial charge >= 0.3 is 0 Å². The molecule has 0 saturated heterocycles. The van der Waals surface area contributed by atoms with Gasteiger partial charge in [-0.1, -0.05) is 12.1 Å². The van der Waals surface area contributed by atoms with E-state index in [1.807, 2.05) is 24.3 Å². The lowest BCUT2D eigenvalue weighted by atomic mass is 9.87. The summed E-state index contributed by atoms with van der Waals surface area (Å²) < 4.78 is 19.7. The summed E-state index contributed by atoms with van der Waals surface area (Å²) in [6.45, 7) is 1.63. The van der Waals surface area contributed by atoms with Crippen molar-refractivity contribution in [1.29, 1.82) is 0 Å². The van der Waals surface area contributed by atoms with Crippen molar-refractivity contribution in [3.05, 3.63) is 63.0 Å². The monoisotopic (exact) mass is 372 g/mol. The molecule has 1 unspecified atom stereocenters. The van der Waals surface area contributed by atoms with Crippen LogP contribution in [0.15, 0.2) is 42.5 Å². The molecular formula is C15H14FIO2. The number of hydrogen-bond donors (Lipinski definition) is 1. The first-order valence-electron chi connectivity index (χ1n) is 5.77. The van der Waals surface area contributed by atoms with Crippen LogP contribution in [0.4, 0.5) is 4.39 Å². The molecule has 0 heterocycles. The van der Waals surface area contributed by atoms with Crippen molar-refractivity contribution >= 4 is 22.6 Å². The third-order valence-electron chi connectivity index (χ3n) is 3.09. The zero-order chi connectivity index (χ0) is 14.0. The second-order valence-corrected chi connectivity index (χ2v) is 5.67. The van der Waals surface area contributed by atoms with Gasteiger partial charge in [-0.2, -0.15) is 0 Å². The van der Waals surface area contributed by atoms with E-state index in [2.05, 4.69) is 22.6 Å². The van der Waals surface area contributed by atoms with E-state index in [9.17, 15) is 9.50 Å². The molecule has 0 bridgehead atoms. The third-order valence-corrected chi connectivity index (χ3v) is 3.81. The highest BCUT2D eigenvalue weighted by Gasteiger charge is 2.29. The third kappa shape index (κ3) is 2.90. The van der Waals surface area contributed by atoms with Crippen LogP contribution in [0.25, 0.3) is 0 Å². The van der Waals surface area contributed by atoms with E-state index in [1.165, 1.54) is 25.3 Å². The van der Waals surface area contributed by atoms with Gasteiger partial charge in [0, 0.05) is 9.13 Å². The molecule has 100 valence electrons. The minimum atomic E-state index is -1.31. The molecule has 1 atom stereocenters. The Kier molecular flexibility index (Phi) is 4.10. The number of hydrogen-bond acceptors (Lipinski definition) is 2. The van der Waals surface area contributed by atoms with E-state index in [0.717, 1.165) is 3.57 Å². The quantitative estimate of drug-likeness (QED) is 0.833. The average Bonchev–Trinajstić information content (AvgIpc) is 2.39. The molecule has 0 spiro atoms. The minimum absolute atomic E-state index is 0.401. The zero-order valence-electron chi connectivity index (χ0n) is 10.7. The number of halogens is 2. The van der Waals surface area contributed by atoms with Gasteiger partial charge in [0.15, 0.2) is 0 Å². The maximum absolute atomic E-state index is 13.4. The van der Waals surface area contributed by atoms with Crippen molar-refractivity contribution in [3.8, 4) is 5.75 Å². The Bertz CT molecular complexity index is 579. The summed E-state index contributed by atoms with van der Waals surface area (Å²) in [4.78, 5) is 0. The summed E-state index contributed by atoms with van der Waals surface area (Å²) in [5.41, 5.74) is -0.203. The molecule has 0 aromatic heterocycles. The van der Waals surface area contributed by atoms with Crippen LogP contribution in [-0.2, 0) is 5.60 Å². The van der Waals surface area contributed by atoms with Crippen molar-refractivity contribution in [1.82, 2.24) is 0 Å². The average molecular weight is 372 g/mol. The molecular weight excluding hydrogens is 358 g/mol. The summed E-state index contributed by atoms with van der Waals surface area (Å²) in [5.74, 6) is 0.0616. The van der Waals surface area contributed by atoms with Crippen molar-refractivity contribution in [3.63, 3.8) is 0 Å². The van der Waals surface area contributed by atoms with Gasteiger partial charge in [-0.05, 0) is 65.4 Å². The van der Waals surface area contributed by atoms with E-state index in [4.69, 9.17) is 4.74 Å². The Balaban J connectivity index is 2.55. The van der Waals surface area contributed by atoms with Gasteiger partial charge in [-0.15, -0.1) is 0 Å². The first kappa shape index (κ1) is 14.3. The molecule has 2 aromatic carbocycles. The van der Waals surface area contributed by atoms with Crippen LogP contribution in [0.2, 0.25) is 0 Å². The molecule has 4 heteroatoms. The van der Waals surface area contributed by atoms with Crippen LogP contribution in [0.1, 0.15) is 18.1 Å². The molecule has 0 aliphatic carbocycles. The van der Waals surface area contributed by atoms with Crippen LogP contribution in [-0.4, -0.2) is 12.2 Å². The van der Waals surface area contributed by atoms with Gasteiger partial charge < -0.3 is 9.84 Å². The summed E-state index contributed by atoms with van der Waals surface area (Å²) in [5, 5.41) is 10.7. The van der Waals surface area contributed by atoms with Gasteiger partial charge in [-0.25, -0.2) is 4.39 Å². The number of benzene rings is 2. The van der Waals surface area contributed by atoms with Crippen molar-refractivity contribution in [2.75, 3.05) is 7.11 Å². The Morgan fingerprint density at radius 3 is 2.37 bits per heavy atom.